The van der Waals surface area contributed by atoms with E-state index in [9.17, 15) is 4.79 Å². The normalized spacial score (nSPS) is 10.8. The summed E-state index contributed by atoms with van der Waals surface area (Å²) in [4.78, 5) is 13.3. The number of aryl methyl sites for hydroxylation is 1. The van der Waals surface area contributed by atoms with Crippen molar-refractivity contribution in [1.82, 2.24) is 0 Å². The highest BCUT2D eigenvalue weighted by atomic mass is 32.1. The Kier molecular flexibility index (Phi) is 3.76. The van der Waals surface area contributed by atoms with Crippen molar-refractivity contribution in [2.75, 3.05) is 7.11 Å². The molecule has 0 unspecified atom stereocenters. The van der Waals surface area contributed by atoms with Gasteiger partial charge in [0.05, 0.1) is 12.0 Å². The first-order valence-corrected chi connectivity index (χ1v) is 7.64. The fourth-order valence-corrected chi connectivity index (χ4v) is 3.43. The minimum atomic E-state index is 0.139. The van der Waals surface area contributed by atoms with Crippen LogP contribution in [-0.2, 0) is 6.42 Å². The molecule has 0 atom stereocenters. The highest BCUT2D eigenvalue weighted by Gasteiger charge is 2.13. The van der Waals surface area contributed by atoms with Gasteiger partial charge in [0.2, 0.25) is 0 Å². The lowest BCUT2D eigenvalue weighted by Crippen LogP contribution is -2.03. The highest BCUT2D eigenvalue weighted by Crippen LogP contribution is 2.28. The second kappa shape index (κ2) is 5.70. The molecule has 1 heterocycles. The molecule has 0 spiro atoms. The van der Waals surface area contributed by atoms with E-state index in [2.05, 4.69) is 0 Å². The molecule has 3 aromatic rings. The third-order valence-corrected chi connectivity index (χ3v) is 4.64. The third kappa shape index (κ3) is 2.83. The van der Waals surface area contributed by atoms with Crippen molar-refractivity contribution in [2.24, 2.45) is 0 Å². The van der Waals surface area contributed by atoms with E-state index in [1.165, 1.54) is 0 Å². The standard InChI is InChI=1S/C18H16O2S/c1-12-7-8-16(20-2)14(9-12)10-15(19)18-11-13-5-3-4-6-17(13)21-18/h3-9,11H,10H2,1-2H3. The number of rotatable bonds is 4. The number of hydrogen-bond acceptors (Lipinski definition) is 3. The molecule has 106 valence electrons. The van der Waals surface area contributed by atoms with E-state index in [0.29, 0.717) is 6.42 Å². The quantitative estimate of drug-likeness (QED) is 0.655. The molecule has 3 heteroatoms. The van der Waals surface area contributed by atoms with Crippen LogP contribution in [0.15, 0.2) is 48.5 Å². The summed E-state index contributed by atoms with van der Waals surface area (Å²) in [5.74, 6) is 0.912. The van der Waals surface area contributed by atoms with Crippen LogP contribution in [0.5, 0.6) is 5.75 Å². The van der Waals surface area contributed by atoms with Crippen molar-refractivity contribution in [3.05, 3.63) is 64.5 Å². The van der Waals surface area contributed by atoms with Gasteiger partial charge >= 0.3 is 0 Å². The molecule has 1 aromatic heterocycles. The van der Waals surface area contributed by atoms with Crippen LogP contribution in [-0.4, -0.2) is 12.9 Å². The molecule has 3 rings (SSSR count). The lowest BCUT2D eigenvalue weighted by molar-refractivity contribution is 0.0996. The van der Waals surface area contributed by atoms with Crippen molar-refractivity contribution >= 4 is 27.2 Å². The number of hydrogen-bond donors (Lipinski definition) is 0. The molecule has 2 aromatic carbocycles. The molecule has 0 aliphatic heterocycles. The van der Waals surface area contributed by atoms with Gasteiger partial charge in [-0.3, -0.25) is 4.79 Å². The predicted molar refractivity (Wildman–Crippen MR) is 87.6 cm³/mol. The van der Waals surface area contributed by atoms with Gasteiger partial charge in [0.25, 0.3) is 0 Å². The van der Waals surface area contributed by atoms with Crippen LogP contribution in [0.25, 0.3) is 10.1 Å². The zero-order valence-electron chi connectivity index (χ0n) is 12.1. The molecule has 0 aliphatic rings. The second-order valence-electron chi connectivity index (χ2n) is 5.06. The number of methoxy groups -OCH3 is 1. The van der Waals surface area contributed by atoms with Crippen LogP contribution in [0.3, 0.4) is 0 Å². The van der Waals surface area contributed by atoms with Crippen molar-refractivity contribution < 1.29 is 9.53 Å². The molecule has 0 N–H and O–H groups in total. The van der Waals surface area contributed by atoms with Crippen LogP contribution in [0, 0.1) is 6.92 Å². The van der Waals surface area contributed by atoms with Gasteiger partial charge in [0.1, 0.15) is 5.75 Å². The minimum Gasteiger partial charge on any atom is -0.496 e. The molecule has 2 nitrogen and oxygen atoms in total. The lowest BCUT2D eigenvalue weighted by Gasteiger charge is -2.08. The Hall–Kier alpha value is -2.13. The van der Waals surface area contributed by atoms with Gasteiger partial charge in [-0.15, -0.1) is 11.3 Å². The number of carbonyl (C=O) groups is 1. The van der Waals surface area contributed by atoms with Crippen LogP contribution in [0.2, 0.25) is 0 Å². The Morgan fingerprint density at radius 2 is 1.95 bits per heavy atom. The van der Waals surface area contributed by atoms with E-state index in [1.54, 1.807) is 18.4 Å². The van der Waals surface area contributed by atoms with E-state index < -0.39 is 0 Å². The Balaban J connectivity index is 1.91. The first kappa shape index (κ1) is 13.8. The predicted octanol–water partition coefficient (Wildman–Crippen LogP) is 4.64. The number of Topliss-reactive ketones (excluding diaryl/α,β-unsaturated/α-hetero) is 1. The number of carbonyl (C=O) groups excluding carboxylic acids is 1. The summed E-state index contributed by atoms with van der Waals surface area (Å²) in [5.41, 5.74) is 2.08. The fraction of sp³-hybridized carbons (Fsp3) is 0.167. The smallest absolute Gasteiger partial charge is 0.177 e. The van der Waals surface area contributed by atoms with Gasteiger partial charge in [-0.1, -0.05) is 35.9 Å². The SMILES string of the molecule is COc1ccc(C)cc1CC(=O)c1cc2ccccc2s1. The zero-order valence-corrected chi connectivity index (χ0v) is 12.9. The van der Waals surface area contributed by atoms with Gasteiger partial charge in [0, 0.05) is 16.7 Å². The highest BCUT2D eigenvalue weighted by molar-refractivity contribution is 7.20. The van der Waals surface area contributed by atoms with Crippen LogP contribution >= 0.6 is 11.3 Å². The molecule has 0 bridgehead atoms. The molecule has 0 saturated carbocycles. The van der Waals surface area contributed by atoms with E-state index in [1.807, 2.05) is 55.5 Å². The largest absolute Gasteiger partial charge is 0.496 e. The summed E-state index contributed by atoms with van der Waals surface area (Å²) in [7, 11) is 1.64. The van der Waals surface area contributed by atoms with E-state index in [0.717, 1.165) is 31.8 Å². The molecule has 0 saturated heterocycles. The zero-order chi connectivity index (χ0) is 14.8. The van der Waals surface area contributed by atoms with E-state index in [4.69, 9.17) is 4.74 Å². The maximum absolute atomic E-state index is 12.5. The maximum Gasteiger partial charge on any atom is 0.177 e. The number of thiophene rings is 1. The summed E-state index contributed by atoms with van der Waals surface area (Å²) >= 11 is 1.55. The van der Waals surface area contributed by atoms with Crippen molar-refractivity contribution in [3.63, 3.8) is 0 Å². The summed E-state index contributed by atoms with van der Waals surface area (Å²) in [6.45, 7) is 2.02. The summed E-state index contributed by atoms with van der Waals surface area (Å²) in [6, 6.07) is 16.0. The van der Waals surface area contributed by atoms with Crippen molar-refractivity contribution in [2.45, 2.75) is 13.3 Å². The Labute approximate surface area is 128 Å². The first-order chi connectivity index (χ1) is 10.2. The average molecular weight is 296 g/mol. The Morgan fingerprint density at radius 3 is 2.71 bits per heavy atom. The summed E-state index contributed by atoms with van der Waals surface area (Å²) in [6.07, 6.45) is 0.373. The lowest BCUT2D eigenvalue weighted by atomic mass is 10.0. The van der Waals surface area contributed by atoms with Gasteiger partial charge in [-0.25, -0.2) is 0 Å². The molecular weight excluding hydrogens is 280 g/mol. The number of benzene rings is 2. The Morgan fingerprint density at radius 1 is 1.14 bits per heavy atom. The maximum atomic E-state index is 12.5. The molecule has 0 amide bonds. The van der Waals surface area contributed by atoms with Crippen LogP contribution < -0.4 is 4.74 Å². The number of fused-ring (bicyclic) bond motifs is 1. The minimum absolute atomic E-state index is 0.139. The van der Waals surface area contributed by atoms with Gasteiger partial charge < -0.3 is 4.74 Å². The number of ether oxygens (including phenoxy) is 1. The first-order valence-electron chi connectivity index (χ1n) is 6.82. The second-order valence-corrected chi connectivity index (χ2v) is 6.15. The molecule has 0 fully saturated rings. The van der Waals surface area contributed by atoms with Crippen LogP contribution in [0.1, 0.15) is 20.8 Å². The fourth-order valence-electron chi connectivity index (χ4n) is 2.42. The summed E-state index contributed by atoms with van der Waals surface area (Å²) < 4.78 is 6.50. The van der Waals surface area contributed by atoms with Crippen LogP contribution in [0.4, 0.5) is 0 Å². The van der Waals surface area contributed by atoms with Gasteiger partial charge in [-0.2, -0.15) is 0 Å². The van der Waals surface area contributed by atoms with Gasteiger partial charge in [0.15, 0.2) is 5.78 Å². The topological polar surface area (TPSA) is 26.3 Å². The number of ketones is 1. The third-order valence-electron chi connectivity index (χ3n) is 3.49. The molecule has 21 heavy (non-hydrogen) atoms. The molecule has 0 radical (unpaired) electrons. The monoisotopic (exact) mass is 296 g/mol. The Bertz CT molecular complexity index is 769. The van der Waals surface area contributed by atoms with Crippen molar-refractivity contribution in [1.29, 1.82) is 0 Å². The summed E-state index contributed by atoms with van der Waals surface area (Å²) in [5, 5.41) is 1.13. The van der Waals surface area contributed by atoms with Gasteiger partial charge in [-0.05, 0) is 30.5 Å². The van der Waals surface area contributed by atoms with Crippen molar-refractivity contribution in [3.8, 4) is 5.75 Å². The van der Waals surface area contributed by atoms with E-state index >= 15 is 0 Å². The van der Waals surface area contributed by atoms with E-state index in [-0.39, 0.29) is 5.78 Å². The average Bonchev–Trinajstić information content (AvgIpc) is 2.91. The molecular formula is C18H16O2S. The molecule has 0 aliphatic carbocycles.